The normalized spacial score (nSPS) is 22.6. The van der Waals surface area contributed by atoms with Gasteiger partial charge in [-0.15, -0.1) is 0 Å². The molecule has 0 amide bonds. The molecule has 1 aliphatic rings. The number of hydrogen-bond acceptors (Lipinski definition) is 3. The number of ether oxygens (including phenoxy) is 2. The Balaban J connectivity index is 1.61. The van der Waals surface area contributed by atoms with Crippen LogP contribution in [0, 0.1) is 5.92 Å². The fraction of sp³-hybridized carbons (Fsp3) is 0.600. The van der Waals surface area contributed by atoms with Gasteiger partial charge in [0.1, 0.15) is 5.75 Å². The van der Waals surface area contributed by atoms with Gasteiger partial charge in [0.25, 0.3) is 0 Å². The lowest BCUT2D eigenvalue weighted by Gasteiger charge is -2.35. The van der Waals surface area contributed by atoms with Crippen LogP contribution in [0.25, 0.3) is 0 Å². The smallest absolute Gasteiger partial charge is 0.118 e. The minimum absolute atomic E-state index is 0.488. The molecule has 18 heavy (non-hydrogen) atoms. The van der Waals surface area contributed by atoms with E-state index in [1.165, 1.54) is 18.4 Å². The van der Waals surface area contributed by atoms with E-state index in [1.54, 1.807) is 7.11 Å². The standard InChI is InChI=1S/C15H23NO2/c1-16-11-13-9-15(10-13)18-8-7-12-3-5-14(17-2)6-4-12/h3-6,13,15-16H,7-11H2,1-2H3. The molecule has 0 aliphatic heterocycles. The van der Waals surface area contributed by atoms with E-state index in [-0.39, 0.29) is 0 Å². The van der Waals surface area contributed by atoms with Crippen LogP contribution in [0.3, 0.4) is 0 Å². The molecule has 0 bridgehead atoms. The van der Waals surface area contributed by atoms with Gasteiger partial charge >= 0.3 is 0 Å². The second kappa shape index (κ2) is 6.76. The van der Waals surface area contributed by atoms with Crippen molar-refractivity contribution in [2.24, 2.45) is 5.92 Å². The second-order valence-electron chi connectivity index (χ2n) is 4.99. The molecule has 1 aromatic carbocycles. The van der Waals surface area contributed by atoms with E-state index < -0.39 is 0 Å². The molecule has 0 spiro atoms. The Kier molecular flexibility index (Phi) is 5.02. The molecule has 1 saturated carbocycles. The number of rotatable bonds is 7. The molecule has 0 unspecified atom stereocenters. The van der Waals surface area contributed by atoms with Crippen molar-refractivity contribution in [2.75, 3.05) is 27.3 Å². The molecule has 1 aromatic rings. The highest BCUT2D eigenvalue weighted by molar-refractivity contribution is 5.27. The topological polar surface area (TPSA) is 30.5 Å². The van der Waals surface area contributed by atoms with Gasteiger partial charge in [0.05, 0.1) is 19.8 Å². The molecule has 2 rings (SSSR count). The Bertz CT molecular complexity index is 344. The van der Waals surface area contributed by atoms with E-state index in [0.717, 1.165) is 31.2 Å². The van der Waals surface area contributed by atoms with Gasteiger partial charge in [0.2, 0.25) is 0 Å². The Hall–Kier alpha value is -1.06. The molecular weight excluding hydrogens is 226 g/mol. The maximum absolute atomic E-state index is 5.86. The third-order valence-corrected chi connectivity index (χ3v) is 3.59. The van der Waals surface area contributed by atoms with Gasteiger partial charge < -0.3 is 14.8 Å². The van der Waals surface area contributed by atoms with Crippen LogP contribution in [0.15, 0.2) is 24.3 Å². The molecule has 1 N–H and O–H groups in total. The predicted octanol–water partition coefficient (Wildman–Crippen LogP) is 2.25. The van der Waals surface area contributed by atoms with Crippen molar-refractivity contribution >= 4 is 0 Å². The van der Waals surface area contributed by atoms with Crippen LogP contribution >= 0.6 is 0 Å². The van der Waals surface area contributed by atoms with Gasteiger partial charge in [-0.1, -0.05) is 12.1 Å². The lowest BCUT2D eigenvalue weighted by atomic mass is 9.82. The largest absolute Gasteiger partial charge is 0.497 e. The monoisotopic (exact) mass is 249 g/mol. The minimum Gasteiger partial charge on any atom is -0.497 e. The van der Waals surface area contributed by atoms with Crippen molar-refractivity contribution in [3.63, 3.8) is 0 Å². The highest BCUT2D eigenvalue weighted by Crippen LogP contribution is 2.29. The first-order chi connectivity index (χ1) is 8.81. The van der Waals surface area contributed by atoms with Crippen molar-refractivity contribution < 1.29 is 9.47 Å². The summed E-state index contributed by atoms with van der Waals surface area (Å²) in [6.07, 6.45) is 3.89. The maximum atomic E-state index is 5.86. The Morgan fingerprint density at radius 2 is 1.94 bits per heavy atom. The first kappa shape index (κ1) is 13.4. The van der Waals surface area contributed by atoms with Crippen molar-refractivity contribution in [3.05, 3.63) is 29.8 Å². The predicted molar refractivity (Wildman–Crippen MR) is 73.1 cm³/mol. The van der Waals surface area contributed by atoms with Crippen molar-refractivity contribution in [1.82, 2.24) is 5.32 Å². The molecule has 1 fully saturated rings. The number of nitrogens with one attached hydrogen (secondary N) is 1. The van der Waals surface area contributed by atoms with Gasteiger partial charge in [-0.05, 0) is 56.5 Å². The number of methoxy groups -OCH3 is 1. The van der Waals surface area contributed by atoms with Crippen molar-refractivity contribution in [3.8, 4) is 5.75 Å². The van der Waals surface area contributed by atoms with Crippen LogP contribution in [-0.4, -0.2) is 33.4 Å². The van der Waals surface area contributed by atoms with Crippen LogP contribution in [0.4, 0.5) is 0 Å². The first-order valence-corrected chi connectivity index (χ1v) is 6.71. The molecule has 0 aromatic heterocycles. The van der Waals surface area contributed by atoms with Crippen molar-refractivity contribution in [2.45, 2.75) is 25.4 Å². The van der Waals surface area contributed by atoms with E-state index in [2.05, 4.69) is 17.4 Å². The molecule has 0 saturated heterocycles. The maximum Gasteiger partial charge on any atom is 0.118 e. The zero-order chi connectivity index (χ0) is 12.8. The SMILES string of the molecule is CNCC1CC(OCCc2ccc(OC)cc2)C1. The number of benzene rings is 1. The summed E-state index contributed by atoms with van der Waals surface area (Å²) < 4.78 is 11.0. The van der Waals surface area contributed by atoms with Crippen LogP contribution in [0.1, 0.15) is 18.4 Å². The fourth-order valence-electron chi connectivity index (χ4n) is 2.40. The Labute approximate surface area is 109 Å². The quantitative estimate of drug-likeness (QED) is 0.804. The molecule has 0 heterocycles. The van der Waals surface area contributed by atoms with Gasteiger partial charge in [-0.2, -0.15) is 0 Å². The summed E-state index contributed by atoms with van der Waals surface area (Å²) in [6, 6.07) is 8.21. The zero-order valence-corrected chi connectivity index (χ0v) is 11.3. The summed E-state index contributed by atoms with van der Waals surface area (Å²) in [7, 11) is 3.70. The summed E-state index contributed by atoms with van der Waals surface area (Å²) >= 11 is 0. The van der Waals surface area contributed by atoms with Crippen LogP contribution in [0.2, 0.25) is 0 Å². The molecule has 0 atom stereocenters. The molecule has 100 valence electrons. The Morgan fingerprint density at radius 3 is 2.56 bits per heavy atom. The van der Waals surface area contributed by atoms with Crippen LogP contribution in [0.5, 0.6) is 5.75 Å². The molecule has 3 heteroatoms. The lowest BCUT2D eigenvalue weighted by molar-refractivity contribution is -0.0280. The third-order valence-electron chi connectivity index (χ3n) is 3.59. The minimum atomic E-state index is 0.488. The first-order valence-electron chi connectivity index (χ1n) is 6.71. The van der Waals surface area contributed by atoms with Crippen molar-refractivity contribution in [1.29, 1.82) is 0 Å². The van der Waals surface area contributed by atoms with E-state index in [0.29, 0.717) is 6.10 Å². The van der Waals surface area contributed by atoms with E-state index in [1.807, 2.05) is 19.2 Å². The molecule has 3 nitrogen and oxygen atoms in total. The molecular formula is C15H23NO2. The molecule has 1 aliphatic carbocycles. The van der Waals surface area contributed by atoms with Crippen LogP contribution < -0.4 is 10.1 Å². The summed E-state index contributed by atoms with van der Waals surface area (Å²) in [4.78, 5) is 0. The average molecular weight is 249 g/mol. The fourth-order valence-corrected chi connectivity index (χ4v) is 2.40. The lowest BCUT2D eigenvalue weighted by Crippen LogP contribution is -2.37. The van der Waals surface area contributed by atoms with Gasteiger partial charge in [-0.25, -0.2) is 0 Å². The summed E-state index contributed by atoms with van der Waals surface area (Å²) in [5.41, 5.74) is 1.31. The molecule has 0 radical (unpaired) electrons. The Morgan fingerprint density at radius 1 is 1.22 bits per heavy atom. The summed E-state index contributed by atoms with van der Waals surface area (Å²) in [5.74, 6) is 1.73. The van der Waals surface area contributed by atoms with E-state index in [4.69, 9.17) is 9.47 Å². The second-order valence-corrected chi connectivity index (χ2v) is 4.99. The zero-order valence-electron chi connectivity index (χ0n) is 11.3. The van der Waals surface area contributed by atoms with Gasteiger partial charge in [-0.3, -0.25) is 0 Å². The highest BCUT2D eigenvalue weighted by atomic mass is 16.5. The van der Waals surface area contributed by atoms with E-state index >= 15 is 0 Å². The highest BCUT2D eigenvalue weighted by Gasteiger charge is 2.28. The summed E-state index contributed by atoms with van der Waals surface area (Å²) in [6.45, 7) is 1.95. The van der Waals surface area contributed by atoms with Crippen LogP contribution in [-0.2, 0) is 11.2 Å². The third kappa shape index (κ3) is 3.72. The van der Waals surface area contributed by atoms with Gasteiger partial charge in [0, 0.05) is 0 Å². The average Bonchev–Trinajstić information content (AvgIpc) is 2.36. The van der Waals surface area contributed by atoms with Gasteiger partial charge in [0.15, 0.2) is 0 Å². The van der Waals surface area contributed by atoms with E-state index in [9.17, 15) is 0 Å². The number of hydrogen-bond donors (Lipinski definition) is 1. The summed E-state index contributed by atoms with van der Waals surface area (Å²) in [5, 5.41) is 3.22.